The second-order valence-corrected chi connectivity index (χ2v) is 33.5. The van der Waals surface area contributed by atoms with Crippen molar-refractivity contribution in [1.29, 1.82) is 0 Å². The number of aliphatic carboxylic acids is 2. The average molecular weight is 1850 g/mol. The second kappa shape index (κ2) is 50.1. The van der Waals surface area contributed by atoms with Crippen LogP contribution in [0.4, 0.5) is 0 Å². The van der Waals surface area contributed by atoms with Gasteiger partial charge >= 0.3 is 11.9 Å². The van der Waals surface area contributed by atoms with Crippen LogP contribution in [0.2, 0.25) is 0 Å². The molecule has 15 atom stereocenters. The minimum Gasteiger partial charge on any atom is -0.508 e. The molecule has 0 unspecified atom stereocenters. The summed E-state index contributed by atoms with van der Waals surface area (Å²) in [6, 6.07) is -5.83. The number of likely N-dealkylation sites (tertiary alicyclic amines) is 3. The van der Waals surface area contributed by atoms with E-state index >= 15 is 9.59 Å². The van der Waals surface area contributed by atoms with Crippen LogP contribution < -0.4 is 86.7 Å². The van der Waals surface area contributed by atoms with Crippen LogP contribution in [0.3, 0.4) is 0 Å². The fraction of sp³-hybridized carbons (Fsp3) is 0.512. The average Bonchev–Trinajstić information content (AvgIpc) is 1.65. The highest BCUT2D eigenvalue weighted by Gasteiger charge is 2.48. The lowest BCUT2D eigenvalue weighted by Crippen LogP contribution is -2.61. The van der Waals surface area contributed by atoms with Crippen LogP contribution in [-0.2, 0) is 122 Å². The molecule has 3 aliphatic heterocycles. The van der Waals surface area contributed by atoms with E-state index in [-0.39, 0.29) is 126 Å². The van der Waals surface area contributed by atoms with Gasteiger partial charge in [0.2, 0.25) is 106 Å². The predicted octanol–water partition coefficient (Wildman–Crippen LogP) is -6.04. The van der Waals surface area contributed by atoms with Gasteiger partial charge in [-0.05, 0) is 149 Å². The third-order valence-corrected chi connectivity index (χ3v) is 22.4. The molecule has 3 saturated heterocycles. The van der Waals surface area contributed by atoms with Crippen LogP contribution in [0.5, 0.6) is 17.2 Å². The van der Waals surface area contributed by atoms with E-state index in [9.17, 15) is 112 Å². The zero-order valence-electron chi connectivity index (χ0n) is 72.8. The number of carbonyl (C=O) groups is 20. The number of rotatable bonds is 50. The van der Waals surface area contributed by atoms with Gasteiger partial charge in [0.05, 0.1) is 38.2 Å². The monoisotopic (exact) mass is 1850 g/mol. The number of primary amides is 3. The Morgan fingerprint density at radius 1 is 0.443 bits per heavy atom. The molecule has 46 nitrogen and oxygen atoms in total. The maximum absolute atomic E-state index is 15.1. The van der Waals surface area contributed by atoms with Crippen molar-refractivity contribution >= 4 is 130 Å². The molecule has 3 aliphatic rings. The number of nitrogens with one attached hydrogen (secondary N) is 13. The number of hydrogen-bond donors (Lipinski definition) is 22. The number of nitrogens with zero attached hydrogens (tertiary/aromatic N) is 4. The van der Waals surface area contributed by atoms with Gasteiger partial charge in [-0.2, -0.15) is 11.8 Å². The highest BCUT2D eigenvalue weighted by Crippen LogP contribution is 2.30. The molecule has 18 amide bonds. The topological polar surface area (TPSA) is 729 Å². The van der Waals surface area contributed by atoms with Crippen LogP contribution in [0.1, 0.15) is 134 Å². The van der Waals surface area contributed by atoms with Crippen LogP contribution in [-0.4, -0.2) is 297 Å². The molecule has 4 heterocycles. The first-order valence-corrected chi connectivity index (χ1v) is 43.8. The van der Waals surface area contributed by atoms with Crippen molar-refractivity contribution in [2.75, 3.05) is 38.2 Å². The first kappa shape index (κ1) is 104. The van der Waals surface area contributed by atoms with Gasteiger partial charge in [0.25, 0.3) is 0 Å². The Hall–Kier alpha value is -14.0. The summed E-state index contributed by atoms with van der Waals surface area (Å²) in [6.45, 7) is 4.76. The molecule has 3 aromatic carbocycles. The number of carboxylic acid groups (broad SMARTS) is 2. The molecule has 47 heteroatoms. The summed E-state index contributed by atoms with van der Waals surface area (Å²) in [7, 11) is 0. The van der Waals surface area contributed by atoms with Crippen LogP contribution in [0.25, 0.3) is 0 Å². The van der Waals surface area contributed by atoms with E-state index in [1.54, 1.807) is 32.2 Å². The number of amides is 18. The summed E-state index contributed by atoms with van der Waals surface area (Å²) in [6.07, 6.45) is 0.506. The SMILES string of the molecule is CSCC[C@H](NC(=O)[C@@H](N)Cc1ccc(O)cc1)C(=O)N[C@@H](CCC(N)=O)C(=O)N[C@@H](Cc1ccc(O)cc1)C(=O)N[C@@H](CC(C)C)C(=O)N[C@@H](CC(N)=O)C(=O)N1CCC[C@H]1C(=O)N1CCC[C@H]1C(=O)N1CCC[C@H]1C(=O)N[C@@H](Cc1ccc(O)cc1)C(=O)N[C@@H](C)C(=O)N[C@@H](CC(=O)O)C(=O)N[C@@H](Cc1cnc[nH]1)C(=O)NCC(=O)N[C@@H](C)C(=O)N[C@@H](CC(N)=O)C(=O)O. The van der Waals surface area contributed by atoms with E-state index in [0.29, 0.717) is 22.4 Å². The van der Waals surface area contributed by atoms with E-state index < -0.39 is 248 Å². The number of imidazole rings is 1. The Balaban J connectivity index is 1.02. The lowest BCUT2D eigenvalue weighted by molar-refractivity contribution is -0.151. The van der Waals surface area contributed by atoms with E-state index in [1.807, 2.05) is 5.32 Å². The first-order chi connectivity index (χ1) is 62.0. The molecule has 0 aliphatic carbocycles. The van der Waals surface area contributed by atoms with E-state index in [2.05, 4.69) is 68.5 Å². The molecular weight excluding hydrogens is 1740 g/mol. The van der Waals surface area contributed by atoms with Crippen LogP contribution in [0, 0.1) is 5.92 Å². The zero-order valence-corrected chi connectivity index (χ0v) is 73.6. The van der Waals surface area contributed by atoms with Crippen molar-refractivity contribution in [2.24, 2.45) is 28.9 Å². The Morgan fingerprint density at radius 3 is 1.36 bits per heavy atom. The minimum atomic E-state index is -1.97. The van der Waals surface area contributed by atoms with Crippen LogP contribution in [0.15, 0.2) is 85.3 Å². The number of aromatic amines is 1. The van der Waals surface area contributed by atoms with E-state index in [1.165, 1.54) is 94.7 Å². The van der Waals surface area contributed by atoms with Crippen molar-refractivity contribution in [2.45, 2.75) is 227 Å². The number of aromatic nitrogens is 2. The van der Waals surface area contributed by atoms with Gasteiger partial charge in [0, 0.05) is 57.2 Å². The molecule has 1 aromatic heterocycles. The number of thioether (sulfide) groups is 1. The zero-order chi connectivity index (χ0) is 96.6. The largest absolute Gasteiger partial charge is 0.508 e. The lowest BCUT2D eigenvalue weighted by atomic mass is 10.00. The molecule has 131 heavy (non-hydrogen) atoms. The predicted molar refractivity (Wildman–Crippen MR) is 464 cm³/mol. The Labute approximate surface area is 756 Å². The number of benzene rings is 3. The standard InChI is InChI=1S/C84H115N21O25S/c1-42(2)31-55(97-78(123)57(34-47-16-22-51(108)23-17-47)98-74(119)53(24-25-65(86)109)95-75(120)54(26-30-131-5)94-72(117)52(85)32-45-12-18-49(106)19-13-45)77(122)101-60(36-66(87)110)81(126)104-28-7-10-63(104)83(128)105-29-8-11-64(105)82(127)103-27-6-9-62(103)80(125)100-56(33-46-14-20-50(107)21-15-46)76(121)93-44(4)71(116)96-59(38-69(113)114)79(124)99-58(35-48-39-89-41-91-48)73(118)90-40-68(112)92-43(3)70(115)102-61(84(129)130)37-67(88)111/h12-23,39,41-44,52-64,106-108H,6-11,24-38,40,85H2,1-5H3,(H2,86,109)(H2,87,110)(H2,88,111)(H,89,91)(H,90,118)(H,92,112)(H,93,121)(H,94,117)(H,95,120)(H,96,116)(H,97,123)(H,98,119)(H,99,124)(H,100,125)(H,101,122)(H,102,115)(H,113,114)(H,129,130)/t43-,44-,52-,53-,54-,55-,56-,57-,58-,59-,60-,61-,62-,63-,64-/m0/s1. The third-order valence-electron chi connectivity index (χ3n) is 21.7. The lowest BCUT2D eigenvalue weighted by Gasteiger charge is -2.35. The summed E-state index contributed by atoms with van der Waals surface area (Å²) in [4.78, 5) is 284. The number of aromatic hydroxyl groups is 3. The molecule has 712 valence electrons. The Morgan fingerprint density at radius 2 is 0.855 bits per heavy atom. The molecule has 4 aromatic rings. The summed E-state index contributed by atoms with van der Waals surface area (Å²) >= 11 is 1.34. The van der Waals surface area contributed by atoms with Crippen molar-refractivity contribution < 1.29 is 121 Å². The number of H-pyrrole nitrogens is 1. The van der Waals surface area contributed by atoms with E-state index in [0.717, 1.165) is 18.7 Å². The molecule has 0 radical (unpaired) electrons. The normalized spacial score (nSPS) is 17.4. The highest BCUT2D eigenvalue weighted by molar-refractivity contribution is 7.98. The fourth-order valence-corrected chi connectivity index (χ4v) is 15.4. The first-order valence-electron chi connectivity index (χ1n) is 42.4. The molecular formula is C84H115N21O25S. The Kier molecular flexibility index (Phi) is 39.8. The molecule has 7 rings (SSSR count). The van der Waals surface area contributed by atoms with Gasteiger partial charge in [0.1, 0.15) is 102 Å². The molecule has 0 saturated carbocycles. The van der Waals surface area contributed by atoms with Crippen molar-refractivity contribution in [3.63, 3.8) is 0 Å². The van der Waals surface area contributed by atoms with E-state index in [4.69, 9.17) is 22.9 Å². The number of phenolic OH excluding ortho intramolecular Hbond substituents is 3. The number of carboxylic acids is 2. The van der Waals surface area contributed by atoms with Gasteiger partial charge in [-0.15, -0.1) is 0 Å². The Bertz CT molecular complexity index is 4780. The fourth-order valence-electron chi connectivity index (χ4n) is 14.9. The quantitative estimate of drug-likeness (QED) is 0.0196. The molecule has 26 N–H and O–H groups in total. The molecule has 0 bridgehead atoms. The summed E-state index contributed by atoms with van der Waals surface area (Å²) in [5.74, 6) is -20.9. The molecule has 0 spiro atoms. The van der Waals surface area contributed by atoms with Crippen molar-refractivity contribution in [3.05, 3.63) is 108 Å². The van der Waals surface area contributed by atoms with Gasteiger partial charge < -0.3 is 132 Å². The molecule has 3 fully saturated rings. The van der Waals surface area contributed by atoms with Crippen molar-refractivity contribution in [3.8, 4) is 17.2 Å². The number of carbonyl (C=O) groups excluding carboxylic acids is 18. The maximum atomic E-state index is 15.1. The van der Waals surface area contributed by atoms with Gasteiger partial charge in [-0.1, -0.05) is 50.2 Å². The van der Waals surface area contributed by atoms with Crippen LogP contribution >= 0.6 is 11.8 Å². The number of nitrogens with two attached hydrogens (primary N) is 4. The third kappa shape index (κ3) is 32.6. The van der Waals surface area contributed by atoms with Gasteiger partial charge in [-0.3, -0.25) is 91.1 Å². The smallest absolute Gasteiger partial charge is 0.326 e. The number of hydrogen-bond acceptors (Lipinski definition) is 26. The summed E-state index contributed by atoms with van der Waals surface area (Å²) in [5, 5.41) is 78.6. The number of phenols is 3. The maximum Gasteiger partial charge on any atom is 0.326 e. The summed E-state index contributed by atoms with van der Waals surface area (Å²) in [5.41, 5.74) is 24.1. The second-order valence-electron chi connectivity index (χ2n) is 32.5. The van der Waals surface area contributed by atoms with Gasteiger partial charge in [0.15, 0.2) is 0 Å². The van der Waals surface area contributed by atoms with Gasteiger partial charge in [-0.25, -0.2) is 9.78 Å². The minimum absolute atomic E-state index is 0.00428. The summed E-state index contributed by atoms with van der Waals surface area (Å²) < 4.78 is 0. The highest BCUT2D eigenvalue weighted by atomic mass is 32.2. The van der Waals surface area contributed by atoms with Crippen molar-refractivity contribution in [1.82, 2.24) is 88.5 Å².